The number of pyridine rings is 1. The van der Waals surface area contributed by atoms with E-state index in [0.29, 0.717) is 6.42 Å². The van der Waals surface area contributed by atoms with Crippen LogP contribution < -0.4 is 10.9 Å². The largest absolute Gasteiger partial charge is 0.282 e. The number of rotatable bonds is 4. The standard InChI is InChI=1S/C8H10N4O3/c1-2-8(13)11-10-7-5-6(12(14)15)3-4-9-7/h3-5H,2H2,1H3,(H,9,10)(H,11,13). The smallest absolute Gasteiger partial charge is 0.274 e. The number of carbonyl (C=O) groups excluding carboxylic acids is 1. The molecule has 0 aromatic carbocycles. The van der Waals surface area contributed by atoms with Gasteiger partial charge in [-0.15, -0.1) is 0 Å². The fourth-order valence-electron chi connectivity index (χ4n) is 0.823. The second-order valence-electron chi connectivity index (χ2n) is 2.68. The minimum atomic E-state index is -0.533. The summed E-state index contributed by atoms with van der Waals surface area (Å²) in [4.78, 5) is 24.5. The highest BCUT2D eigenvalue weighted by atomic mass is 16.6. The van der Waals surface area contributed by atoms with E-state index in [1.165, 1.54) is 18.3 Å². The van der Waals surface area contributed by atoms with Gasteiger partial charge < -0.3 is 0 Å². The molecule has 2 N–H and O–H groups in total. The molecular weight excluding hydrogens is 200 g/mol. The maximum atomic E-state index is 10.9. The summed E-state index contributed by atoms with van der Waals surface area (Å²) in [5.41, 5.74) is 4.73. The second-order valence-corrected chi connectivity index (χ2v) is 2.68. The quantitative estimate of drug-likeness (QED) is 0.567. The van der Waals surface area contributed by atoms with E-state index in [4.69, 9.17) is 0 Å². The van der Waals surface area contributed by atoms with E-state index in [0.717, 1.165) is 0 Å². The summed E-state index contributed by atoms with van der Waals surface area (Å²) in [6.07, 6.45) is 1.61. The third kappa shape index (κ3) is 3.22. The van der Waals surface area contributed by atoms with Crippen molar-refractivity contribution >= 4 is 17.4 Å². The van der Waals surface area contributed by atoms with Crippen molar-refractivity contribution in [1.82, 2.24) is 10.4 Å². The van der Waals surface area contributed by atoms with Crippen LogP contribution in [0.4, 0.5) is 11.5 Å². The van der Waals surface area contributed by atoms with E-state index < -0.39 is 4.92 Å². The molecule has 0 spiro atoms. The van der Waals surface area contributed by atoms with Gasteiger partial charge in [0.1, 0.15) is 0 Å². The Morgan fingerprint density at radius 1 is 1.67 bits per heavy atom. The summed E-state index contributed by atoms with van der Waals surface area (Å²) in [5, 5.41) is 10.4. The monoisotopic (exact) mass is 210 g/mol. The maximum Gasteiger partial charge on any atom is 0.274 e. The first-order valence-electron chi connectivity index (χ1n) is 4.28. The Bertz CT molecular complexity index is 380. The van der Waals surface area contributed by atoms with Crippen molar-refractivity contribution in [3.63, 3.8) is 0 Å². The number of aromatic nitrogens is 1. The third-order valence-corrected chi connectivity index (χ3v) is 1.61. The molecule has 0 fully saturated rings. The van der Waals surface area contributed by atoms with E-state index in [1.54, 1.807) is 6.92 Å². The van der Waals surface area contributed by atoms with Crippen molar-refractivity contribution in [1.29, 1.82) is 0 Å². The van der Waals surface area contributed by atoms with E-state index in [9.17, 15) is 14.9 Å². The average molecular weight is 210 g/mol. The van der Waals surface area contributed by atoms with Gasteiger partial charge in [0.05, 0.1) is 11.0 Å². The van der Waals surface area contributed by atoms with Crippen molar-refractivity contribution < 1.29 is 9.72 Å². The Hall–Kier alpha value is -2.18. The normalized spacial score (nSPS) is 9.40. The van der Waals surface area contributed by atoms with E-state index in [1.807, 2.05) is 0 Å². The van der Waals surface area contributed by atoms with Gasteiger partial charge in [0.25, 0.3) is 5.69 Å². The first kappa shape index (κ1) is 10.9. The van der Waals surface area contributed by atoms with Crippen molar-refractivity contribution in [3.8, 4) is 0 Å². The molecule has 7 nitrogen and oxygen atoms in total. The second kappa shape index (κ2) is 4.89. The van der Waals surface area contributed by atoms with Crippen LogP contribution in [0.1, 0.15) is 13.3 Å². The zero-order valence-corrected chi connectivity index (χ0v) is 8.06. The van der Waals surface area contributed by atoms with Crippen LogP contribution in [0.5, 0.6) is 0 Å². The predicted molar refractivity (Wildman–Crippen MR) is 52.9 cm³/mol. The van der Waals surface area contributed by atoms with Gasteiger partial charge in [-0.1, -0.05) is 6.92 Å². The summed E-state index contributed by atoms with van der Waals surface area (Å²) >= 11 is 0. The molecule has 0 atom stereocenters. The number of nitrogens with one attached hydrogen (secondary N) is 2. The van der Waals surface area contributed by atoms with Crippen LogP contribution in [0.2, 0.25) is 0 Å². The fourth-order valence-corrected chi connectivity index (χ4v) is 0.823. The highest BCUT2D eigenvalue weighted by Gasteiger charge is 2.06. The molecule has 0 aliphatic rings. The molecule has 1 rings (SSSR count). The van der Waals surface area contributed by atoms with Crippen LogP contribution in [0, 0.1) is 10.1 Å². The Morgan fingerprint density at radius 2 is 2.40 bits per heavy atom. The summed E-state index contributed by atoms with van der Waals surface area (Å²) in [7, 11) is 0. The lowest BCUT2D eigenvalue weighted by Gasteiger charge is -2.05. The van der Waals surface area contributed by atoms with E-state index in [-0.39, 0.29) is 17.4 Å². The molecule has 15 heavy (non-hydrogen) atoms. The highest BCUT2D eigenvalue weighted by molar-refractivity contribution is 5.76. The molecule has 1 aromatic rings. The topological polar surface area (TPSA) is 97.2 Å². The summed E-state index contributed by atoms with van der Waals surface area (Å²) < 4.78 is 0. The lowest BCUT2D eigenvalue weighted by molar-refractivity contribution is -0.384. The predicted octanol–water partition coefficient (Wildman–Crippen LogP) is 0.843. The number of hydrogen-bond acceptors (Lipinski definition) is 5. The molecular formula is C8H10N4O3. The Balaban J connectivity index is 2.66. The van der Waals surface area contributed by atoms with Crippen LogP contribution in [0.3, 0.4) is 0 Å². The fraction of sp³-hybridized carbons (Fsp3) is 0.250. The zero-order valence-electron chi connectivity index (χ0n) is 8.06. The Kier molecular flexibility index (Phi) is 3.55. The first-order valence-corrected chi connectivity index (χ1v) is 4.28. The number of hydrogen-bond donors (Lipinski definition) is 2. The third-order valence-electron chi connectivity index (χ3n) is 1.61. The molecule has 0 aliphatic heterocycles. The Labute approximate surface area is 85.6 Å². The molecule has 1 aromatic heterocycles. The van der Waals surface area contributed by atoms with Crippen molar-refractivity contribution in [2.45, 2.75) is 13.3 Å². The van der Waals surface area contributed by atoms with Crippen LogP contribution in [-0.4, -0.2) is 15.8 Å². The molecule has 1 amide bonds. The van der Waals surface area contributed by atoms with Crippen LogP contribution >= 0.6 is 0 Å². The lowest BCUT2D eigenvalue weighted by Crippen LogP contribution is -2.28. The molecule has 0 unspecified atom stereocenters. The molecule has 1 heterocycles. The SMILES string of the molecule is CCC(=O)NNc1cc([N+](=O)[O-])ccn1. The minimum absolute atomic E-state index is 0.0850. The highest BCUT2D eigenvalue weighted by Crippen LogP contribution is 2.13. The number of amides is 1. The van der Waals surface area contributed by atoms with Gasteiger partial charge in [-0.25, -0.2) is 4.98 Å². The van der Waals surface area contributed by atoms with Gasteiger partial charge in [0.15, 0.2) is 5.82 Å². The number of nitrogens with zero attached hydrogens (tertiary/aromatic N) is 2. The van der Waals surface area contributed by atoms with Crippen LogP contribution in [0.15, 0.2) is 18.3 Å². The van der Waals surface area contributed by atoms with Crippen molar-refractivity contribution in [3.05, 3.63) is 28.4 Å². The summed E-state index contributed by atoms with van der Waals surface area (Å²) in [5.74, 6) is 0.00862. The first-order chi connectivity index (χ1) is 7.13. The van der Waals surface area contributed by atoms with Crippen molar-refractivity contribution in [2.24, 2.45) is 0 Å². The van der Waals surface area contributed by atoms with Gasteiger partial charge in [0, 0.05) is 18.7 Å². The van der Waals surface area contributed by atoms with Gasteiger partial charge in [-0.2, -0.15) is 0 Å². The molecule has 0 saturated heterocycles. The molecule has 7 heteroatoms. The molecule has 0 radical (unpaired) electrons. The number of nitro groups is 1. The van der Waals surface area contributed by atoms with Gasteiger partial charge in [0.2, 0.25) is 5.91 Å². The lowest BCUT2D eigenvalue weighted by atomic mass is 10.4. The summed E-state index contributed by atoms with van der Waals surface area (Å²) in [6.45, 7) is 1.69. The number of hydrazine groups is 1. The maximum absolute atomic E-state index is 10.9. The number of carbonyl (C=O) groups is 1. The minimum Gasteiger partial charge on any atom is -0.282 e. The van der Waals surface area contributed by atoms with Crippen molar-refractivity contribution in [2.75, 3.05) is 5.43 Å². The van der Waals surface area contributed by atoms with Crippen LogP contribution in [0.25, 0.3) is 0 Å². The number of anilines is 1. The molecule has 0 bridgehead atoms. The zero-order chi connectivity index (χ0) is 11.3. The molecule has 0 saturated carbocycles. The molecule has 80 valence electrons. The van der Waals surface area contributed by atoms with E-state index >= 15 is 0 Å². The van der Waals surface area contributed by atoms with Gasteiger partial charge in [-0.3, -0.25) is 25.8 Å². The average Bonchev–Trinajstić information content (AvgIpc) is 2.26. The van der Waals surface area contributed by atoms with Crippen LogP contribution in [-0.2, 0) is 4.79 Å². The Morgan fingerprint density at radius 3 is 3.00 bits per heavy atom. The van der Waals surface area contributed by atoms with Gasteiger partial charge >= 0.3 is 0 Å². The molecule has 0 aliphatic carbocycles. The van der Waals surface area contributed by atoms with E-state index in [2.05, 4.69) is 15.8 Å². The van der Waals surface area contributed by atoms with Gasteiger partial charge in [-0.05, 0) is 0 Å². The summed E-state index contributed by atoms with van der Waals surface area (Å²) in [6, 6.07) is 2.50.